The van der Waals surface area contributed by atoms with Crippen molar-refractivity contribution in [1.29, 1.82) is 0 Å². The molecule has 0 aromatic heterocycles. The zero-order chi connectivity index (χ0) is 8.43. The molecule has 0 bridgehead atoms. The molecule has 11 heavy (non-hydrogen) atoms. The van der Waals surface area contributed by atoms with Crippen molar-refractivity contribution in [3.63, 3.8) is 0 Å². The predicted molar refractivity (Wildman–Crippen MR) is 46.7 cm³/mol. The van der Waals surface area contributed by atoms with Gasteiger partial charge in [0, 0.05) is 16.6 Å². The minimum absolute atomic E-state index is 0.229. The first-order chi connectivity index (χ1) is 5.15. The van der Waals surface area contributed by atoms with Gasteiger partial charge >= 0.3 is 0 Å². The van der Waals surface area contributed by atoms with E-state index in [0.717, 1.165) is 10.0 Å². The highest BCUT2D eigenvalue weighted by atomic mass is 79.9. The van der Waals surface area contributed by atoms with Crippen LogP contribution in [0, 0.1) is 12.7 Å². The highest BCUT2D eigenvalue weighted by Gasteiger charge is 2.02. The van der Waals surface area contributed by atoms with E-state index in [9.17, 15) is 4.39 Å². The summed E-state index contributed by atoms with van der Waals surface area (Å²) in [5.74, 6) is -0.229. The van der Waals surface area contributed by atoms with Crippen LogP contribution in [0.2, 0.25) is 0 Å². The molecule has 0 atom stereocenters. The van der Waals surface area contributed by atoms with E-state index in [2.05, 4.69) is 15.9 Å². The van der Waals surface area contributed by atoms with Crippen LogP contribution in [-0.4, -0.2) is 0 Å². The Morgan fingerprint density at radius 2 is 2.18 bits per heavy atom. The summed E-state index contributed by atoms with van der Waals surface area (Å²) >= 11 is 3.30. The first-order valence-electron chi connectivity index (χ1n) is 3.29. The molecule has 0 aliphatic rings. The van der Waals surface area contributed by atoms with Gasteiger partial charge in [0.1, 0.15) is 5.82 Å². The van der Waals surface area contributed by atoms with Crippen LogP contribution >= 0.6 is 15.9 Å². The minimum Gasteiger partial charge on any atom is -0.326 e. The van der Waals surface area contributed by atoms with E-state index in [1.54, 1.807) is 6.07 Å². The van der Waals surface area contributed by atoms with Gasteiger partial charge < -0.3 is 5.73 Å². The van der Waals surface area contributed by atoms with Crippen LogP contribution in [-0.2, 0) is 6.54 Å². The predicted octanol–water partition coefficient (Wildman–Crippen LogP) is 2.36. The lowest BCUT2D eigenvalue weighted by Gasteiger charge is -2.02. The van der Waals surface area contributed by atoms with Gasteiger partial charge in [0.2, 0.25) is 0 Å². The largest absolute Gasteiger partial charge is 0.326 e. The minimum atomic E-state index is -0.229. The van der Waals surface area contributed by atoms with Gasteiger partial charge in [-0.2, -0.15) is 0 Å². The zero-order valence-electron chi connectivity index (χ0n) is 6.20. The molecule has 0 heterocycles. The number of aryl methyl sites for hydroxylation is 1. The molecule has 1 nitrogen and oxygen atoms in total. The Labute approximate surface area is 73.5 Å². The lowest BCUT2D eigenvalue weighted by Crippen LogP contribution is -2.00. The summed E-state index contributed by atoms with van der Waals surface area (Å²) in [6.45, 7) is 2.08. The third kappa shape index (κ3) is 1.79. The first kappa shape index (κ1) is 8.68. The maximum absolute atomic E-state index is 12.9. The summed E-state index contributed by atoms with van der Waals surface area (Å²) in [7, 11) is 0. The third-order valence-corrected chi connectivity index (χ3v) is 2.40. The van der Waals surface area contributed by atoms with Crippen molar-refractivity contribution in [1.82, 2.24) is 0 Å². The maximum atomic E-state index is 12.9. The number of hydrogen-bond acceptors (Lipinski definition) is 1. The first-order valence-corrected chi connectivity index (χ1v) is 4.09. The van der Waals surface area contributed by atoms with Gasteiger partial charge in [0.15, 0.2) is 0 Å². The van der Waals surface area contributed by atoms with Crippen molar-refractivity contribution < 1.29 is 4.39 Å². The van der Waals surface area contributed by atoms with Gasteiger partial charge in [-0.25, -0.2) is 4.39 Å². The SMILES string of the molecule is Cc1cc(F)c(CN)cc1Br. The Kier molecular flexibility index (Phi) is 2.62. The molecule has 0 aliphatic heterocycles. The molecule has 0 saturated heterocycles. The van der Waals surface area contributed by atoms with Crippen LogP contribution in [0.25, 0.3) is 0 Å². The fourth-order valence-electron chi connectivity index (χ4n) is 0.844. The second-order valence-corrected chi connectivity index (χ2v) is 3.25. The lowest BCUT2D eigenvalue weighted by molar-refractivity contribution is 0.609. The number of rotatable bonds is 1. The maximum Gasteiger partial charge on any atom is 0.128 e. The van der Waals surface area contributed by atoms with Crippen LogP contribution in [0.4, 0.5) is 4.39 Å². The van der Waals surface area contributed by atoms with E-state index in [4.69, 9.17) is 5.73 Å². The molecule has 0 unspecified atom stereocenters. The molecule has 1 rings (SSSR count). The van der Waals surface area contributed by atoms with Gasteiger partial charge in [0.05, 0.1) is 0 Å². The quantitative estimate of drug-likeness (QED) is 0.769. The van der Waals surface area contributed by atoms with Crippen molar-refractivity contribution in [2.24, 2.45) is 5.73 Å². The van der Waals surface area contributed by atoms with Crippen LogP contribution < -0.4 is 5.73 Å². The van der Waals surface area contributed by atoms with E-state index in [-0.39, 0.29) is 12.4 Å². The topological polar surface area (TPSA) is 26.0 Å². The number of halogens is 2. The number of benzene rings is 1. The van der Waals surface area contributed by atoms with Gasteiger partial charge in [-0.1, -0.05) is 15.9 Å². The van der Waals surface area contributed by atoms with E-state index >= 15 is 0 Å². The molecule has 3 heteroatoms. The highest BCUT2D eigenvalue weighted by Crippen LogP contribution is 2.19. The van der Waals surface area contributed by atoms with Crippen molar-refractivity contribution in [2.45, 2.75) is 13.5 Å². The lowest BCUT2D eigenvalue weighted by atomic mass is 10.1. The summed E-state index contributed by atoms with van der Waals surface area (Å²) in [5, 5.41) is 0. The highest BCUT2D eigenvalue weighted by molar-refractivity contribution is 9.10. The molecule has 0 spiro atoms. The van der Waals surface area contributed by atoms with E-state index in [0.29, 0.717) is 5.56 Å². The average Bonchev–Trinajstić information content (AvgIpc) is 1.97. The van der Waals surface area contributed by atoms with E-state index in [1.807, 2.05) is 6.92 Å². The summed E-state index contributed by atoms with van der Waals surface area (Å²) in [4.78, 5) is 0. The van der Waals surface area contributed by atoms with Crippen molar-refractivity contribution in [3.8, 4) is 0 Å². The smallest absolute Gasteiger partial charge is 0.128 e. The van der Waals surface area contributed by atoms with E-state index < -0.39 is 0 Å². The molecule has 0 saturated carbocycles. The van der Waals surface area contributed by atoms with Crippen LogP contribution in [0.1, 0.15) is 11.1 Å². The Bertz CT molecular complexity index is 273. The Morgan fingerprint density at radius 1 is 1.55 bits per heavy atom. The van der Waals surface area contributed by atoms with Crippen molar-refractivity contribution in [3.05, 3.63) is 33.5 Å². The summed E-state index contributed by atoms with van der Waals surface area (Å²) < 4.78 is 13.8. The van der Waals surface area contributed by atoms with Gasteiger partial charge in [-0.05, 0) is 24.6 Å². The zero-order valence-corrected chi connectivity index (χ0v) is 7.78. The monoisotopic (exact) mass is 217 g/mol. The molecule has 0 radical (unpaired) electrons. The van der Waals surface area contributed by atoms with Crippen molar-refractivity contribution in [2.75, 3.05) is 0 Å². The molecule has 2 N–H and O–H groups in total. The van der Waals surface area contributed by atoms with Gasteiger partial charge in [-0.3, -0.25) is 0 Å². The molecular weight excluding hydrogens is 209 g/mol. The number of nitrogens with two attached hydrogens (primary N) is 1. The molecule has 0 fully saturated rings. The molecule has 0 amide bonds. The Morgan fingerprint density at radius 3 is 2.73 bits per heavy atom. The summed E-state index contributed by atoms with van der Waals surface area (Å²) in [6.07, 6.45) is 0. The van der Waals surface area contributed by atoms with Crippen LogP contribution in [0.5, 0.6) is 0 Å². The van der Waals surface area contributed by atoms with Gasteiger partial charge in [0.25, 0.3) is 0 Å². The van der Waals surface area contributed by atoms with Gasteiger partial charge in [-0.15, -0.1) is 0 Å². The second kappa shape index (κ2) is 3.32. The fourth-order valence-corrected chi connectivity index (χ4v) is 1.23. The van der Waals surface area contributed by atoms with Crippen LogP contribution in [0.15, 0.2) is 16.6 Å². The van der Waals surface area contributed by atoms with Crippen molar-refractivity contribution >= 4 is 15.9 Å². The van der Waals surface area contributed by atoms with Crippen LogP contribution in [0.3, 0.4) is 0 Å². The van der Waals surface area contributed by atoms with E-state index in [1.165, 1.54) is 6.07 Å². The molecule has 1 aromatic carbocycles. The third-order valence-electron chi connectivity index (χ3n) is 1.55. The summed E-state index contributed by atoms with van der Waals surface area (Å²) in [5.41, 5.74) is 6.74. The normalized spacial score (nSPS) is 10.2. The Balaban J connectivity index is 3.21. The summed E-state index contributed by atoms with van der Waals surface area (Å²) in [6, 6.07) is 3.19. The molecule has 60 valence electrons. The average molecular weight is 218 g/mol. The second-order valence-electron chi connectivity index (χ2n) is 2.40. The Hall–Kier alpha value is -0.410. The number of hydrogen-bond donors (Lipinski definition) is 1. The molecular formula is C8H9BrFN. The molecule has 0 aliphatic carbocycles. The molecule has 1 aromatic rings. The fraction of sp³-hybridized carbons (Fsp3) is 0.250. The standard InChI is InChI=1S/C8H9BrFN/c1-5-2-8(10)6(4-11)3-7(5)9/h2-3H,4,11H2,1H3.